The van der Waals surface area contributed by atoms with Gasteiger partial charge in [-0.1, -0.05) is 0 Å². The lowest BCUT2D eigenvalue weighted by Gasteiger charge is -2.31. The molecule has 0 radical (unpaired) electrons. The number of hydrogen-bond acceptors (Lipinski definition) is 5. The van der Waals surface area contributed by atoms with E-state index in [-0.39, 0.29) is 6.10 Å². The predicted octanol–water partition coefficient (Wildman–Crippen LogP) is 1.000. The Bertz CT molecular complexity index is 604. The minimum Gasteiger partial charge on any atom is -0.367 e. The first-order valence-corrected chi connectivity index (χ1v) is 7.36. The smallest absolute Gasteiger partial charge is 0.180 e. The van der Waals surface area contributed by atoms with Gasteiger partial charge >= 0.3 is 0 Å². The molecule has 3 rings (SSSR count). The van der Waals surface area contributed by atoms with E-state index in [1.54, 1.807) is 0 Å². The third-order valence-electron chi connectivity index (χ3n) is 3.78. The summed E-state index contributed by atoms with van der Waals surface area (Å²) in [5.74, 6) is 1.58. The number of rotatable bonds is 4. The lowest BCUT2D eigenvalue weighted by atomic mass is 10.2. The third-order valence-corrected chi connectivity index (χ3v) is 3.78. The van der Waals surface area contributed by atoms with Gasteiger partial charge in [-0.2, -0.15) is 10.2 Å². The van der Waals surface area contributed by atoms with E-state index in [0.29, 0.717) is 0 Å². The Hall–Kier alpha value is -1.73. The van der Waals surface area contributed by atoms with Crippen molar-refractivity contribution in [3.8, 4) is 0 Å². The van der Waals surface area contributed by atoms with E-state index >= 15 is 0 Å². The molecule has 1 saturated heterocycles. The van der Waals surface area contributed by atoms with Crippen molar-refractivity contribution in [1.82, 2.24) is 29.9 Å². The predicted molar refractivity (Wildman–Crippen MR) is 78.0 cm³/mol. The van der Waals surface area contributed by atoms with Crippen molar-refractivity contribution < 1.29 is 4.74 Å². The zero-order valence-electron chi connectivity index (χ0n) is 12.8. The van der Waals surface area contributed by atoms with Gasteiger partial charge in [-0.15, -0.1) is 0 Å². The molecular formula is C14H22N6O. The van der Waals surface area contributed by atoms with Gasteiger partial charge in [-0.25, -0.2) is 4.98 Å². The summed E-state index contributed by atoms with van der Waals surface area (Å²) in [6, 6.07) is 2.11. The molecule has 1 fully saturated rings. The summed E-state index contributed by atoms with van der Waals surface area (Å²) >= 11 is 0. The van der Waals surface area contributed by atoms with Crippen LogP contribution in [0.5, 0.6) is 0 Å². The molecule has 7 nitrogen and oxygen atoms in total. The average molecular weight is 290 g/mol. The number of nitrogens with one attached hydrogen (secondary N) is 1. The number of ether oxygens (including phenoxy) is 1. The van der Waals surface area contributed by atoms with Gasteiger partial charge in [0.05, 0.1) is 18.8 Å². The molecule has 21 heavy (non-hydrogen) atoms. The molecule has 0 spiro atoms. The van der Waals surface area contributed by atoms with Crippen molar-refractivity contribution in [2.24, 2.45) is 0 Å². The van der Waals surface area contributed by atoms with Gasteiger partial charge in [0, 0.05) is 25.3 Å². The second kappa shape index (κ2) is 5.95. The summed E-state index contributed by atoms with van der Waals surface area (Å²) in [5.41, 5.74) is 2.28. The number of aromatic nitrogens is 5. The summed E-state index contributed by atoms with van der Waals surface area (Å²) < 4.78 is 7.84. The van der Waals surface area contributed by atoms with Crippen LogP contribution in [-0.4, -0.2) is 56.1 Å². The van der Waals surface area contributed by atoms with Crippen LogP contribution in [0, 0.1) is 20.8 Å². The van der Waals surface area contributed by atoms with E-state index in [1.165, 1.54) is 5.69 Å². The highest BCUT2D eigenvalue weighted by molar-refractivity contribution is 5.06. The van der Waals surface area contributed by atoms with Gasteiger partial charge in [-0.05, 0) is 26.8 Å². The van der Waals surface area contributed by atoms with Crippen LogP contribution in [0.1, 0.15) is 29.1 Å². The van der Waals surface area contributed by atoms with Crippen LogP contribution in [0.4, 0.5) is 0 Å². The number of H-pyrrole nitrogens is 1. The molecule has 0 saturated carbocycles. The van der Waals surface area contributed by atoms with Crippen molar-refractivity contribution in [2.45, 2.75) is 33.4 Å². The monoisotopic (exact) mass is 290 g/mol. The lowest BCUT2D eigenvalue weighted by molar-refractivity contribution is -0.0353. The number of hydrogen-bond donors (Lipinski definition) is 1. The van der Waals surface area contributed by atoms with Gasteiger partial charge < -0.3 is 4.74 Å². The molecule has 7 heteroatoms. The molecule has 2 aromatic rings. The molecule has 114 valence electrons. The molecule has 3 heterocycles. The minimum atomic E-state index is -0.0378. The van der Waals surface area contributed by atoms with E-state index in [2.05, 4.69) is 42.9 Å². The topological polar surface area (TPSA) is 71.9 Å². The Balaban J connectivity index is 1.57. The van der Waals surface area contributed by atoms with E-state index in [9.17, 15) is 0 Å². The minimum absolute atomic E-state index is 0.0378. The molecule has 0 unspecified atom stereocenters. The Morgan fingerprint density at radius 1 is 1.33 bits per heavy atom. The Morgan fingerprint density at radius 2 is 2.19 bits per heavy atom. The summed E-state index contributed by atoms with van der Waals surface area (Å²) in [6.45, 7) is 10.4. The molecule has 0 aliphatic carbocycles. The van der Waals surface area contributed by atoms with Crippen LogP contribution < -0.4 is 0 Å². The van der Waals surface area contributed by atoms with Crippen LogP contribution in [0.3, 0.4) is 0 Å². The highest BCUT2D eigenvalue weighted by Gasteiger charge is 2.24. The molecule has 1 atom stereocenters. The fourth-order valence-corrected chi connectivity index (χ4v) is 2.70. The molecule has 1 aliphatic heterocycles. The molecule has 1 N–H and O–H groups in total. The molecule has 2 aromatic heterocycles. The van der Waals surface area contributed by atoms with Gasteiger partial charge in [-0.3, -0.25) is 14.7 Å². The number of morpholine rings is 1. The van der Waals surface area contributed by atoms with Crippen molar-refractivity contribution >= 4 is 0 Å². The van der Waals surface area contributed by atoms with E-state index in [1.807, 2.05) is 13.8 Å². The second-order valence-corrected chi connectivity index (χ2v) is 5.59. The maximum Gasteiger partial charge on any atom is 0.180 e. The second-order valence-electron chi connectivity index (χ2n) is 5.59. The van der Waals surface area contributed by atoms with Crippen LogP contribution in [0.2, 0.25) is 0 Å². The SMILES string of the molecule is Cc1cc(C)n(CCN2CCO[C@H](c3n[nH]c(C)n3)C2)n1. The number of nitrogens with zero attached hydrogens (tertiary/aromatic N) is 5. The Kier molecular flexibility index (Phi) is 4.03. The molecule has 1 aliphatic rings. The zero-order valence-corrected chi connectivity index (χ0v) is 12.8. The number of aryl methyl sites for hydroxylation is 3. The maximum absolute atomic E-state index is 5.78. The van der Waals surface area contributed by atoms with Crippen LogP contribution in [-0.2, 0) is 11.3 Å². The van der Waals surface area contributed by atoms with Crippen LogP contribution in [0.25, 0.3) is 0 Å². The van der Waals surface area contributed by atoms with Crippen molar-refractivity contribution in [2.75, 3.05) is 26.2 Å². The standard InChI is InChI=1S/C14H22N6O/c1-10-8-11(2)20(18-10)5-4-19-6-7-21-13(9-19)14-15-12(3)16-17-14/h8,13H,4-7,9H2,1-3H3,(H,15,16,17)/t13-/m0/s1. The summed E-state index contributed by atoms with van der Waals surface area (Å²) in [4.78, 5) is 6.75. The average Bonchev–Trinajstić information content (AvgIpc) is 3.03. The van der Waals surface area contributed by atoms with E-state index < -0.39 is 0 Å². The largest absolute Gasteiger partial charge is 0.367 e. The fraction of sp³-hybridized carbons (Fsp3) is 0.643. The van der Waals surface area contributed by atoms with Crippen molar-refractivity contribution in [1.29, 1.82) is 0 Å². The molecular weight excluding hydrogens is 268 g/mol. The number of aromatic amines is 1. The van der Waals surface area contributed by atoms with Crippen LogP contribution >= 0.6 is 0 Å². The zero-order chi connectivity index (χ0) is 14.8. The van der Waals surface area contributed by atoms with Gasteiger partial charge in [0.2, 0.25) is 0 Å². The Morgan fingerprint density at radius 3 is 2.86 bits per heavy atom. The first kappa shape index (κ1) is 14.2. The molecule has 0 amide bonds. The summed E-state index contributed by atoms with van der Waals surface area (Å²) in [5, 5.41) is 11.6. The lowest BCUT2D eigenvalue weighted by Crippen LogP contribution is -2.40. The maximum atomic E-state index is 5.78. The summed E-state index contributed by atoms with van der Waals surface area (Å²) in [6.07, 6.45) is -0.0378. The molecule has 0 bridgehead atoms. The summed E-state index contributed by atoms with van der Waals surface area (Å²) in [7, 11) is 0. The highest BCUT2D eigenvalue weighted by atomic mass is 16.5. The first-order valence-electron chi connectivity index (χ1n) is 7.36. The van der Waals surface area contributed by atoms with E-state index in [0.717, 1.165) is 50.1 Å². The van der Waals surface area contributed by atoms with Gasteiger partial charge in [0.1, 0.15) is 11.9 Å². The quantitative estimate of drug-likeness (QED) is 0.909. The van der Waals surface area contributed by atoms with Crippen molar-refractivity contribution in [3.63, 3.8) is 0 Å². The van der Waals surface area contributed by atoms with Gasteiger partial charge in [0.15, 0.2) is 5.82 Å². The molecule has 0 aromatic carbocycles. The first-order chi connectivity index (χ1) is 10.1. The van der Waals surface area contributed by atoms with Crippen LogP contribution in [0.15, 0.2) is 6.07 Å². The normalized spacial score (nSPS) is 20.0. The fourth-order valence-electron chi connectivity index (χ4n) is 2.70. The van der Waals surface area contributed by atoms with Crippen molar-refractivity contribution in [3.05, 3.63) is 29.1 Å². The Labute approximate surface area is 124 Å². The third kappa shape index (κ3) is 3.30. The highest BCUT2D eigenvalue weighted by Crippen LogP contribution is 2.18. The van der Waals surface area contributed by atoms with Gasteiger partial charge in [0.25, 0.3) is 0 Å². The van der Waals surface area contributed by atoms with E-state index in [4.69, 9.17) is 4.74 Å².